The Kier molecular flexibility index (Phi) is 4.69. The normalized spacial score (nSPS) is 23.1. The zero-order chi connectivity index (χ0) is 14.5. The van der Waals surface area contributed by atoms with Crippen LogP contribution in [0.1, 0.15) is 24.0 Å². The van der Waals surface area contributed by atoms with E-state index in [4.69, 9.17) is 0 Å². The molecule has 1 fully saturated rings. The van der Waals surface area contributed by atoms with Crippen LogP contribution >= 0.6 is 0 Å². The van der Waals surface area contributed by atoms with Gasteiger partial charge in [0.1, 0.15) is 0 Å². The molecular weight excluding hydrogens is 258 g/mol. The molecule has 1 aliphatic rings. The maximum absolute atomic E-state index is 10.4. The molecule has 2 atom stereocenters. The molecule has 1 N–H and O–H groups in total. The largest absolute Gasteiger partial charge is 0.391 e. The standard InChI is InChI=1S/C19H23NO/c21-19-12-7-13-20(15-17-10-5-2-6-11-17)18(19)14-16-8-3-1-4-9-16/h1-6,8-11,18-19,21H,7,12-15H2/t18-,19-/m0/s1. The summed E-state index contributed by atoms with van der Waals surface area (Å²) in [4.78, 5) is 2.44. The molecular formula is C19H23NO. The van der Waals surface area contributed by atoms with Gasteiger partial charge in [0.05, 0.1) is 6.10 Å². The molecule has 0 spiro atoms. The molecule has 1 saturated heterocycles. The summed E-state index contributed by atoms with van der Waals surface area (Å²) >= 11 is 0. The number of piperidine rings is 1. The molecule has 0 bridgehead atoms. The van der Waals surface area contributed by atoms with E-state index in [0.717, 1.165) is 32.4 Å². The van der Waals surface area contributed by atoms with Gasteiger partial charge in [0.15, 0.2) is 0 Å². The molecule has 1 aliphatic heterocycles. The van der Waals surface area contributed by atoms with Crippen molar-refractivity contribution in [1.82, 2.24) is 4.90 Å². The first-order valence-corrected chi connectivity index (χ1v) is 7.83. The number of hydrogen-bond donors (Lipinski definition) is 1. The van der Waals surface area contributed by atoms with E-state index >= 15 is 0 Å². The molecule has 21 heavy (non-hydrogen) atoms. The van der Waals surface area contributed by atoms with E-state index in [1.54, 1.807) is 0 Å². The number of likely N-dealkylation sites (tertiary alicyclic amines) is 1. The number of nitrogens with zero attached hydrogens (tertiary/aromatic N) is 1. The van der Waals surface area contributed by atoms with Gasteiger partial charge >= 0.3 is 0 Å². The van der Waals surface area contributed by atoms with Gasteiger partial charge in [-0.05, 0) is 36.9 Å². The lowest BCUT2D eigenvalue weighted by atomic mass is 9.92. The second-order valence-electron chi connectivity index (χ2n) is 5.92. The molecule has 2 aromatic carbocycles. The molecule has 0 aromatic heterocycles. The Morgan fingerprint density at radius 1 is 0.905 bits per heavy atom. The number of benzene rings is 2. The first kappa shape index (κ1) is 14.3. The molecule has 110 valence electrons. The van der Waals surface area contributed by atoms with Gasteiger partial charge < -0.3 is 5.11 Å². The summed E-state index contributed by atoms with van der Waals surface area (Å²) in [6.45, 7) is 2.00. The predicted octanol–water partition coefficient (Wildman–Crippen LogP) is 3.25. The quantitative estimate of drug-likeness (QED) is 0.930. The van der Waals surface area contributed by atoms with Crippen molar-refractivity contribution in [2.75, 3.05) is 6.54 Å². The van der Waals surface area contributed by atoms with E-state index < -0.39 is 0 Å². The minimum atomic E-state index is -0.220. The summed E-state index contributed by atoms with van der Waals surface area (Å²) < 4.78 is 0. The van der Waals surface area contributed by atoms with Gasteiger partial charge in [-0.15, -0.1) is 0 Å². The monoisotopic (exact) mass is 281 g/mol. The highest BCUT2D eigenvalue weighted by molar-refractivity contribution is 5.18. The molecule has 1 heterocycles. The maximum Gasteiger partial charge on any atom is 0.0699 e. The van der Waals surface area contributed by atoms with Gasteiger partial charge in [-0.25, -0.2) is 0 Å². The third-order valence-electron chi connectivity index (χ3n) is 4.37. The highest BCUT2D eigenvalue weighted by atomic mass is 16.3. The fraction of sp³-hybridized carbons (Fsp3) is 0.368. The summed E-state index contributed by atoms with van der Waals surface area (Å²) in [5.74, 6) is 0. The van der Waals surface area contributed by atoms with Crippen LogP contribution in [0.5, 0.6) is 0 Å². The van der Waals surface area contributed by atoms with Crippen LogP contribution in [0.25, 0.3) is 0 Å². The van der Waals surface area contributed by atoms with Crippen molar-refractivity contribution in [3.8, 4) is 0 Å². The summed E-state index contributed by atoms with van der Waals surface area (Å²) in [5.41, 5.74) is 2.63. The Hall–Kier alpha value is -1.64. The zero-order valence-corrected chi connectivity index (χ0v) is 12.4. The fourth-order valence-electron chi connectivity index (χ4n) is 3.24. The Balaban J connectivity index is 1.73. The first-order chi connectivity index (χ1) is 10.3. The second-order valence-corrected chi connectivity index (χ2v) is 5.92. The van der Waals surface area contributed by atoms with Crippen LogP contribution in [-0.2, 0) is 13.0 Å². The molecule has 0 radical (unpaired) electrons. The van der Waals surface area contributed by atoms with Crippen LogP contribution in [-0.4, -0.2) is 28.7 Å². The number of aliphatic hydroxyl groups excluding tert-OH is 1. The van der Waals surface area contributed by atoms with Gasteiger partial charge in [-0.2, -0.15) is 0 Å². The van der Waals surface area contributed by atoms with Gasteiger partial charge in [0.2, 0.25) is 0 Å². The van der Waals surface area contributed by atoms with Gasteiger partial charge in [-0.1, -0.05) is 60.7 Å². The molecule has 0 aliphatic carbocycles. The molecule has 0 saturated carbocycles. The van der Waals surface area contributed by atoms with Gasteiger partial charge in [0, 0.05) is 12.6 Å². The average Bonchev–Trinajstić information content (AvgIpc) is 2.53. The lowest BCUT2D eigenvalue weighted by Crippen LogP contribution is -2.48. The Labute approximate surface area is 127 Å². The minimum absolute atomic E-state index is 0.220. The number of aliphatic hydroxyl groups is 1. The molecule has 0 amide bonds. The topological polar surface area (TPSA) is 23.5 Å². The van der Waals surface area contributed by atoms with E-state index in [1.807, 2.05) is 6.07 Å². The average molecular weight is 281 g/mol. The van der Waals surface area contributed by atoms with Crippen LogP contribution in [0.3, 0.4) is 0 Å². The molecule has 0 unspecified atom stereocenters. The van der Waals surface area contributed by atoms with Gasteiger partial charge in [0.25, 0.3) is 0 Å². The van der Waals surface area contributed by atoms with Crippen molar-refractivity contribution in [3.63, 3.8) is 0 Å². The first-order valence-electron chi connectivity index (χ1n) is 7.83. The molecule has 2 heteroatoms. The summed E-state index contributed by atoms with van der Waals surface area (Å²) in [6.07, 6.45) is 2.71. The molecule has 2 nitrogen and oxygen atoms in total. The lowest BCUT2D eigenvalue weighted by molar-refractivity contribution is 0.00673. The lowest BCUT2D eigenvalue weighted by Gasteiger charge is -2.39. The van der Waals surface area contributed by atoms with Crippen LogP contribution in [0.2, 0.25) is 0 Å². The number of hydrogen-bond acceptors (Lipinski definition) is 2. The summed E-state index contributed by atoms with van der Waals surface area (Å²) in [6, 6.07) is 21.3. The third kappa shape index (κ3) is 3.72. The van der Waals surface area contributed by atoms with Crippen molar-refractivity contribution in [3.05, 3.63) is 71.8 Å². The highest BCUT2D eigenvalue weighted by Crippen LogP contribution is 2.23. The van der Waals surface area contributed by atoms with E-state index in [-0.39, 0.29) is 12.1 Å². The van der Waals surface area contributed by atoms with Crippen LogP contribution in [0.15, 0.2) is 60.7 Å². The minimum Gasteiger partial charge on any atom is -0.391 e. The molecule has 2 aromatic rings. The Morgan fingerprint density at radius 2 is 1.52 bits per heavy atom. The fourth-order valence-corrected chi connectivity index (χ4v) is 3.24. The zero-order valence-electron chi connectivity index (χ0n) is 12.4. The van der Waals surface area contributed by atoms with Crippen molar-refractivity contribution in [2.24, 2.45) is 0 Å². The second kappa shape index (κ2) is 6.88. The van der Waals surface area contributed by atoms with Crippen molar-refractivity contribution >= 4 is 0 Å². The van der Waals surface area contributed by atoms with Crippen LogP contribution in [0.4, 0.5) is 0 Å². The Morgan fingerprint density at radius 3 is 2.19 bits per heavy atom. The van der Waals surface area contributed by atoms with E-state index in [0.29, 0.717) is 0 Å². The summed E-state index contributed by atoms with van der Waals surface area (Å²) in [7, 11) is 0. The van der Waals surface area contributed by atoms with Crippen molar-refractivity contribution < 1.29 is 5.11 Å². The number of rotatable bonds is 4. The highest BCUT2D eigenvalue weighted by Gasteiger charge is 2.29. The van der Waals surface area contributed by atoms with Gasteiger partial charge in [-0.3, -0.25) is 4.90 Å². The molecule has 3 rings (SSSR count). The maximum atomic E-state index is 10.4. The SMILES string of the molecule is O[C@H]1CCCN(Cc2ccccc2)[C@H]1Cc1ccccc1. The third-order valence-corrected chi connectivity index (χ3v) is 4.37. The smallest absolute Gasteiger partial charge is 0.0699 e. The summed E-state index contributed by atoms with van der Waals surface area (Å²) in [5, 5.41) is 10.4. The van der Waals surface area contributed by atoms with E-state index in [2.05, 4.69) is 59.5 Å². The Bertz CT molecular complexity index is 540. The van der Waals surface area contributed by atoms with Crippen molar-refractivity contribution in [1.29, 1.82) is 0 Å². The van der Waals surface area contributed by atoms with Crippen molar-refractivity contribution in [2.45, 2.75) is 38.0 Å². The predicted molar refractivity (Wildman–Crippen MR) is 86.0 cm³/mol. The van der Waals surface area contributed by atoms with Crippen LogP contribution in [0, 0.1) is 0 Å². The van der Waals surface area contributed by atoms with E-state index in [9.17, 15) is 5.11 Å². The van der Waals surface area contributed by atoms with Crippen LogP contribution < -0.4 is 0 Å². The van der Waals surface area contributed by atoms with E-state index in [1.165, 1.54) is 11.1 Å².